The molecule has 17 heteroatoms. The van der Waals surface area contributed by atoms with E-state index in [9.17, 15) is 24.6 Å². The quantitative estimate of drug-likeness (QED) is 0.156. The zero-order valence-corrected chi connectivity index (χ0v) is 22.9. The van der Waals surface area contributed by atoms with Crippen LogP contribution in [0.3, 0.4) is 0 Å². The Morgan fingerprint density at radius 1 is 1.03 bits per heavy atom. The second-order valence-corrected chi connectivity index (χ2v) is 11.5. The summed E-state index contributed by atoms with van der Waals surface area (Å²) in [4.78, 5) is 32.8. The maximum atomic E-state index is 10.5. The second-order valence-electron chi connectivity index (χ2n) is 10.3. The molecule has 1 aliphatic rings. The van der Waals surface area contributed by atoms with Crippen molar-refractivity contribution in [2.75, 3.05) is 80.9 Å². The summed E-state index contributed by atoms with van der Waals surface area (Å²) in [6.07, 6.45) is -2.75. The molecule has 6 N–H and O–H groups in total. The summed E-state index contributed by atoms with van der Waals surface area (Å²) in [7, 11) is 7.09. The number of hydrogen-bond donors (Lipinski definition) is 5. The van der Waals surface area contributed by atoms with Crippen LogP contribution in [0, 0.1) is 0 Å². The number of quaternary nitrogens is 2. The molecule has 0 bridgehead atoms. The average Bonchev–Trinajstić information content (AvgIpc) is 3.28. The molecule has 37 heavy (non-hydrogen) atoms. The van der Waals surface area contributed by atoms with E-state index < -0.39 is 39.0 Å². The number of phosphoric acid groups is 1. The highest BCUT2D eigenvalue weighted by molar-refractivity contribution is 7.43. The number of ether oxygens (including phenoxy) is 1. The van der Waals surface area contributed by atoms with E-state index in [2.05, 4.69) is 61.8 Å². The summed E-state index contributed by atoms with van der Waals surface area (Å²) >= 11 is 0. The fraction of sp³-hybridized carbons (Fsp3) is 0.750. The lowest BCUT2D eigenvalue weighted by atomic mass is 10.1. The van der Waals surface area contributed by atoms with Crippen molar-refractivity contribution in [3.8, 4) is 0 Å². The van der Waals surface area contributed by atoms with Gasteiger partial charge in [-0.3, -0.25) is 4.57 Å². The van der Waals surface area contributed by atoms with Gasteiger partial charge in [-0.2, -0.15) is 0 Å². The van der Waals surface area contributed by atoms with E-state index in [0.717, 1.165) is 22.1 Å². The molecule has 16 nitrogen and oxygen atoms in total. The minimum atomic E-state index is -5.22. The van der Waals surface area contributed by atoms with Crippen molar-refractivity contribution in [2.45, 2.75) is 24.5 Å². The van der Waals surface area contributed by atoms with E-state index in [1.165, 1.54) is 17.2 Å². The Morgan fingerprint density at radius 2 is 1.57 bits per heavy atom. The van der Waals surface area contributed by atoms with E-state index >= 15 is 0 Å². The van der Waals surface area contributed by atoms with Crippen molar-refractivity contribution < 1.29 is 53.0 Å². The normalized spacial score (nSPS) is 22.3. The number of hydrogen-bond acceptors (Lipinski definition) is 13. The standard InChI is InChI=1S/C10H14N5O7P.2C5H14NO/c11-8-5-9(13-2-12-8)15(3-14-5)10-7(17)6(16)4(22-10)1-21-23(18,19)20;2*1-6(2,3)4-5-7/h2-4,6-7,10,16-17H,1H2,(H2,11,12,13)(H2,18,19,20);2*7H,4-5H2,1-3H3/q;2*+1/p-2/t4-,6-,7-,10-;;/m1../s1. The first-order chi connectivity index (χ1) is 16.9. The van der Waals surface area contributed by atoms with Gasteiger partial charge in [-0.1, -0.05) is 0 Å². The minimum Gasteiger partial charge on any atom is -0.790 e. The van der Waals surface area contributed by atoms with E-state index in [1.807, 2.05) is 0 Å². The molecule has 214 valence electrons. The van der Waals surface area contributed by atoms with Crippen LogP contribution in [0.4, 0.5) is 5.82 Å². The van der Waals surface area contributed by atoms with E-state index in [-0.39, 0.29) is 30.2 Å². The largest absolute Gasteiger partial charge is 0.790 e. The highest BCUT2D eigenvalue weighted by Gasteiger charge is 2.44. The Morgan fingerprint density at radius 3 is 2.00 bits per heavy atom. The summed E-state index contributed by atoms with van der Waals surface area (Å²) < 4.78 is 23.0. The summed E-state index contributed by atoms with van der Waals surface area (Å²) in [5, 5.41) is 36.8. The third kappa shape index (κ3) is 11.6. The van der Waals surface area contributed by atoms with Gasteiger partial charge in [0.2, 0.25) is 0 Å². The Kier molecular flexibility index (Phi) is 12.4. The SMILES string of the molecule is C[N+](C)(C)CCO.C[N+](C)(C)CCO.Nc1ncnc2c1ncn2[C@@H]1O[C@H](COP(=O)([O-])[O-])[C@@H](O)[C@H]1O. The number of aliphatic hydroxyl groups excluding tert-OH is 4. The number of rotatable bonds is 8. The van der Waals surface area contributed by atoms with Crippen molar-refractivity contribution in [3.05, 3.63) is 12.7 Å². The van der Waals surface area contributed by atoms with Gasteiger partial charge in [0, 0.05) is 0 Å². The molecule has 2 aromatic heterocycles. The summed E-state index contributed by atoms with van der Waals surface area (Å²) in [5.41, 5.74) is 6.19. The third-order valence-electron chi connectivity index (χ3n) is 4.94. The zero-order valence-electron chi connectivity index (χ0n) is 22.0. The fourth-order valence-corrected chi connectivity index (χ4v) is 3.25. The molecule has 0 unspecified atom stereocenters. The molecule has 0 aromatic carbocycles. The molecule has 3 rings (SSSR count). The van der Waals surface area contributed by atoms with Gasteiger partial charge in [-0.05, 0) is 0 Å². The Balaban J connectivity index is 0.000000404. The average molecular weight is 554 g/mol. The molecule has 0 amide bonds. The number of phosphoric ester groups is 1. The maximum Gasteiger partial charge on any atom is 0.167 e. The number of aliphatic hydroxyl groups is 4. The lowest BCUT2D eigenvalue weighted by Gasteiger charge is -2.30. The van der Waals surface area contributed by atoms with Crippen molar-refractivity contribution in [2.24, 2.45) is 0 Å². The van der Waals surface area contributed by atoms with Gasteiger partial charge in [0.25, 0.3) is 0 Å². The van der Waals surface area contributed by atoms with Crippen LogP contribution in [0.25, 0.3) is 11.2 Å². The first-order valence-electron chi connectivity index (χ1n) is 11.3. The Hall–Kier alpha value is -1.82. The van der Waals surface area contributed by atoms with Gasteiger partial charge in [0.05, 0.1) is 76.3 Å². The number of anilines is 1. The van der Waals surface area contributed by atoms with Crippen LogP contribution >= 0.6 is 7.82 Å². The van der Waals surface area contributed by atoms with Crippen LogP contribution in [0.15, 0.2) is 12.7 Å². The number of nitrogens with zero attached hydrogens (tertiary/aromatic N) is 6. The smallest absolute Gasteiger partial charge is 0.167 e. The van der Waals surface area contributed by atoms with Gasteiger partial charge in [-0.25, -0.2) is 15.0 Å². The first kappa shape index (κ1) is 33.2. The van der Waals surface area contributed by atoms with Gasteiger partial charge in [0.15, 0.2) is 17.7 Å². The third-order valence-corrected chi connectivity index (χ3v) is 5.40. The van der Waals surface area contributed by atoms with Crippen LogP contribution in [0.1, 0.15) is 6.23 Å². The first-order valence-corrected chi connectivity index (χ1v) is 12.8. The molecule has 3 heterocycles. The van der Waals surface area contributed by atoms with Crippen molar-refractivity contribution in [1.29, 1.82) is 0 Å². The van der Waals surface area contributed by atoms with Gasteiger partial charge in [0.1, 0.15) is 43.2 Å². The molecule has 4 atom stereocenters. The van der Waals surface area contributed by atoms with Crippen LogP contribution in [-0.4, -0.2) is 142 Å². The molecular weight excluding hydrogens is 513 g/mol. The highest BCUT2D eigenvalue weighted by atomic mass is 31.2. The van der Waals surface area contributed by atoms with Crippen molar-refractivity contribution in [1.82, 2.24) is 19.5 Å². The Labute approximate surface area is 215 Å². The molecule has 2 aromatic rings. The van der Waals surface area contributed by atoms with E-state index in [1.54, 1.807) is 0 Å². The number of fused-ring (bicyclic) bond motifs is 1. The second kappa shape index (κ2) is 13.8. The summed E-state index contributed by atoms with van der Waals surface area (Å²) in [5.74, 6) is 0.125. The number of likely N-dealkylation sites (N-methyl/N-ethyl adjacent to an activating group) is 2. The molecule has 0 aliphatic carbocycles. The molecule has 0 spiro atoms. The van der Waals surface area contributed by atoms with E-state index in [4.69, 9.17) is 20.7 Å². The molecule has 1 aliphatic heterocycles. The summed E-state index contributed by atoms with van der Waals surface area (Å²) in [6, 6.07) is 0. The summed E-state index contributed by atoms with van der Waals surface area (Å²) in [6.45, 7) is 1.51. The minimum absolute atomic E-state index is 0.125. The Bertz CT molecular complexity index is 990. The molecular formula is C20H40N7O9P. The predicted octanol–water partition coefficient (Wildman–Crippen LogP) is -3.76. The molecule has 0 saturated carbocycles. The zero-order chi connectivity index (χ0) is 28.6. The van der Waals surface area contributed by atoms with Crippen LogP contribution in [0.2, 0.25) is 0 Å². The van der Waals surface area contributed by atoms with Gasteiger partial charge >= 0.3 is 0 Å². The van der Waals surface area contributed by atoms with Crippen LogP contribution in [0.5, 0.6) is 0 Å². The van der Waals surface area contributed by atoms with Gasteiger partial charge in [-0.15, -0.1) is 0 Å². The lowest BCUT2D eigenvalue weighted by Crippen LogP contribution is -2.36. The number of nitrogens with two attached hydrogens (primary N) is 1. The van der Waals surface area contributed by atoms with Crippen molar-refractivity contribution >= 4 is 24.8 Å². The molecule has 1 fully saturated rings. The molecule has 0 radical (unpaired) electrons. The highest BCUT2D eigenvalue weighted by Crippen LogP contribution is 2.34. The number of nitrogen functional groups attached to an aromatic ring is 1. The maximum absolute atomic E-state index is 10.5. The van der Waals surface area contributed by atoms with Crippen LogP contribution < -0.4 is 15.5 Å². The fourth-order valence-electron chi connectivity index (χ4n) is 2.92. The van der Waals surface area contributed by atoms with Crippen LogP contribution in [-0.2, 0) is 13.8 Å². The number of aromatic nitrogens is 4. The van der Waals surface area contributed by atoms with Gasteiger partial charge < -0.3 is 58.7 Å². The molecule has 1 saturated heterocycles. The predicted molar refractivity (Wildman–Crippen MR) is 129 cm³/mol. The lowest BCUT2D eigenvalue weighted by molar-refractivity contribution is -0.870. The topological polar surface area (TPSA) is 232 Å². The van der Waals surface area contributed by atoms with E-state index in [0.29, 0.717) is 0 Å². The van der Waals surface area contributed by atoms with Crippen molar-refractivity contribution in [3.63, 3.8) is 0 Å². The number of imidazole rings is 1. The monoisotopic (exact) mass is 553 g/mol.